The van der Waals surface area contributed by atoms with Crippen LogP contribution in [-0.2, 0) is 9.59 Å². The lowest BCUT2D eigenvalue weighted by atomic mass is 9.95. The van der Waals surface area contributed by atoms with Gasteiger partial charge in [0.1, 0.15) is 11.9 Å². The smallest absolute Gasteiger partial charge is 0.264 e. The number of carbonyl (C=O) groups is 3. The highest BCUT2D eigenvalue weighted by molar-refractivity contribution is 7.12. The van der Waals surface area contributed by atoms with Crippen LogP contribution < -0.4 is 5.32 Å². The summed E-state index contributed by atoms with van der Waals surface area (Å²) in [6.45, 7) is 1.64. The Kier molecular flexibility index (Phi) is 6.34. The van der Waals surface area contributed by atoms with Crippen LogP contribution in [0.2, 0.25) is 5.02 Å². The number of nitrogens with zero attached hydrogens (tertiary/aromatic N) is 3. The van der Waals surface area contributed by atoms with Gasteiger partial charge in [-0.05, 0) is 49.3 Å². The number of halogens is 1. The molecule has 1 N–H and O–H groups in total. The van der Waals surface area contributed by atoms with E-state index in [0.29, 0.717) is 54.6 Å². The van der Waals surface area contributed by atoms with Crippen molar-refractivity contribution in [2.45, 2.75) is 31.7 Å². The van der Waals surface area contributed by atoms with Crippen molar-refractivity contribution in [3.63, 3.8) is 0 Å². The number of piperidine rings is 1. The zero-order valence-electron chi connectivity index (χ0n) is 16.4. The number of aromatic nitrogens is 1. The summed E-state index contributed by atoms with van der Waals surface area (Å²) in [7, 11) is 0. The number of thiophene rings is 1. The zero-order chi connectivity index (χ0) is 21.1. The molecule has 0 bridgehead atoms. The minimum Gasteiger partial charge on any atom is -0.341 e. The van der Waals surface area contributed by atoms with Crippen LogP contribution >= 0.6 is 22.9 Å². The highest BCUT2D eigenvalue weighted by Crippen LogP contribution is 2.26. The van der Waals surface area contributed by atoms with Gasteiger partial charge in [0.2, 0.25) is 11.8 Å². The van der Waals surface area contributed by atoms with Crippen molar-refractivity contribution in [3.05, 3.63) is 45.7 Å². The van der Waals surface area contributed by atoms with E-state index < -0.39 is 6.04 Å². The van der Waals surface area contributed by atoms with Crippen LogP contribution in [0.3, 0.4) is 0 Å². The Morgan fingerprint density at radius 3 is 2.57 bits per heavy atom. The monoisotopic (exact) mass is 446 g/mol. The molecule has 2 aliphatic heterocycles. The Morgan fingerprint density at radius 2 is 1.90 bits per heavy atom. The molecule has 7 nitrogen and oxygen atoms in total. The molecule has 0 aliphatic carbocycles. The quantitative estimate of drug-likeness (QED) is 0.781. The van der Waals surface area contributed by atoms with Crippen LogP contribution in [0.4, 0.5) is 5.82 Å². The Balaban J connectivity index is 1.32. The van der Waals surface area contributed by atoms with Crippen LogP contribution in [0.25, 0.3) is 0 Å². The number of hydrogen-bond acceptors (Lipinski definition) is 5. The second kappa shape index (κ2) is 9.14. The van der Waals surface area contributed by atoms with Gasteiger partial charge in [0, 0.05) is 31.7 Å². The minimum atomic E-state index is -0.400. The van der Waals surface area contributed by atoms with Gasteiger partial charge in [-0.3, -0.25) is 14.4 Å². The van der Waals surface area contributed by atoms with Crippen molar-refractivity contribution in [2.75, 3.05) is 25.0 Å². The van der Waals surface area contributed by atoms with Gasteiger partial charge in [-0.2, -0.15) is 0 Å². The summed E-state index contributed by atoms with van der Waals surface area (Å²) in [5.74, 6) is 0.143. The van der Waals surface area contributed by atoms with Crippen LogP contribution in [0.5, 0.6) is 0 Å². The van der Waals surface area contributed by atoms with E-state index in [9.17, 15) is 14.4 Å². The Labute approximate surface area is 184 Å². The summed E-state index contributed by atoms with van der Waals surface area (Å²) < 4.78 is 0. The molecule has 0 spiro atoms. The van der Waals surface area contributed by atoms with Gasteiger partial charge in [0.05, 0.1) is 9.90 Å². The largest absolute Gasteiger partial charge is 0.341 e. The predicted molar refractivity (Wildman–Crippen MR) is 116 cm³/mol. The van der Waals surface area contributed by atoms with Gasteiger partial charge in [0.15, 0.2) is 0 Å². The van der Waals surface area contributed by atoms with Crippen LogP contribution in [0.1, 0.15) is 35.4 Å². The highest BCUT2D eigenvalue weighted by atomic mass is 35.5. The van der Waals surface area contributed by atoms with E-state index in [1.54, 1.807) is 28.0 Å². The number of hydrogen-bond donors (Lipinski definition) is 1. The molecule has 158 valence electrons. The van der Waals surface area contributed by atoms with Gasteiger partial charge < -0.3 is 15.1 Å². The molecule has 2 saturated heterocycles. The van der Waals surface area contributed by atoms with E-state index in [4.69, 9.17) is 11.6 Å². The van der Waals surface area contributed by atoms with E-state index in [1.807, 2.05) is 11.4 Å². The molecular formula is C21H23ClN4O3S. The topological polar surface area (TPSA) is 82.6 Å². The second-order valence-corrected chi connectivity index (χ2v) is 8.97. The first-order chi connectivity index (χ1) is 14.5. The van der Waals surface area contributed by atoms with Gasteiger partial charge in [0.25, 0.3) is 5.91 Å². The molecule has 2 aromatic heterocycles. The molecule has 2 aliphatic rings. The van der Waals surface area contributed by atoms with E-state index in [-0.39, 0.29) is 23.6 Å². The van der Waals surface area contributed by atoms with E-state index in [0.717, 1.165) is 6.42 Å². The maximum Gasteiger partial charge on any atom is 0.264 e. The lowest BCUT2D eigenvalue weighted by molar-refractivity contribution is -0.138. The molecule has 3 amide bonds. The van der Waals surface area contributed by atoms with Gasteiger partial charge in [-0.15, -0.1) is 11.3 Å². The SMILES string of the molecule is O=C(Nc1ccc(Cl)cn1)C1CCN(C(=O)[C@@H]2CCCN2C(=O)c2cccs2)CC1. The molecule has 0 aromatic carbocycles. The van der Waals surface area contributed by atoms with Crippen LogP contribution in [-0.4, -0.2) is 58.2 Å². The fraction of sp³-hybridized carbons (Fsp3) is 0.429. The summed E-state index contributed by atoms with van der Waals surface area (Å²) in [6.07, 6.45) is 4.20. The summed E-state index contributed by atoms with van der Waals surface area (Å²) in [5.41, 5.74) is 0. The fourth-order valence-corrected chi connectivity index (χ4v) is 4.85. The molecular weight excluding hydrogens is 424 g/mol. The van der Waals surface area contributed by atoms with E-state index in [1.165, 1.54) is 17.5 Å². The molecule has 4 rings (SSSR count). The highest BCUT2D eigenvalue weighted by Gasteiger charge is 2.38. The fourth-order valence-electron chi connectivity index (χ4n) is 4.06. The van der Waals surface area contributed by atoms with Crippen LogP contribution in [0.15, 0.2) is 35.8 Å². The van der Waals surface area contributed by atoms with E-state index in [2.05, 4.69) is 10.3 Å². The number of rotatable bonds is 4. The zero-order valence-corrected chi connectivity index (χ0v) is 18.0. The van der Waals surface area contributed by atoms with Gasteiger partial charge in [-0.1, -0.05) is 17.7 Å². The number of likely N-dealkylation sites (tertiary alicyclic amines) is 2. The molecule has 30 heavy (non-hydrogen) atoms. The lowest BCUT2D eigenvalue weighted by Gasteiger charge is -2.35. The molecule has 2 aromatic rings. The average molecular weight is 447 g/mol. The van der Waals surface area contributed by atoms with Crippen LogP contribution in [0, 0.1) is 5.92 Å². The third-order valence-electron chi connectivity index (χ3n) is 5.69. The van der Waals surface area contributed by atoms with Crippen molar-refractivity contribution >= 4 is 46.5 Å². The Hall–Kier alpha value is -2.45. The van der Waals surface area contributed by atoms with Gasteiger partial charge in [-0.25, -0.2) is 4.98 Å². The normalized spacial score (nSPS) is 19.7. The van der Waals surface area contributed by atoms with E-state index >= 15 is 0 Å². The Morgan fingerprint density at radius 1 is 1.10 bits per heavy atom. The maximum absolute atomic E-state index is 13.1. The summed E-state index contributed by atoms with van der Waals surface area (Å²) in [6, 6.07) is 6.59. The number of amides is 3. The van der Waals surface area contributed by atoms with Crippen molar-refractivity contribution in [1.29, 1.82) is 0 Å². The number of anilines is 1. The standard InChI is InChI=1S/C21H23ClN4O3S/c22-15-5-6-18(23-13-15)24-19(27)14-7-10-25(11-8-14)20(28)16-3-1-9-26(16)21(29)17-4-2-12-30-17/h2,4-6,12-14,16H,1,3,7-11H2,(H,23,24,27)/t16-/m0/s1. The van der Waals surface area contributed by atoms with Crippen molar-refractivity contribution < 1.29 is 14.4 Å². The second-order valence-electron chi connectivity index (χ2n) is 7.58. The van der Waals surface area contributed by atoms with Crippen molar-refractivity contribution in [2.24, 2.45) is 5.92 Å². The first-order valence-electron chi connectivity index (χ1n) is 10.1. The maximum atomic E-state index is 13.1. The summed E-state index contributed by atoms with van der Waals surface area (Å²) in [5, 5.41) is 5.19. The first-order valence-corrected chi connectivity index (χ1v) is 11.3. The number of pyridine rings is 1. The molecule has 0 unspecified atom stereocenters. The average Bonchev–Trinajstić information content (AvgIpc) is 3.47. The van der Waals surface area contributed by atoms with Crippen molar-refractivity contribution in [1.82, 2.24) is 14.8 Å². The molecule has 0 radical (unpaired) electrons. The summed E-state index contributed by atoms with van der Waals surface area (Å²) >= 11 is 7.22. The first kappa shape index (κ1) is 20.8. The van der Waals surface area contributed by atoms with Gasteiger partial charge >= 0.3 is 0 Å². The Bertz CT molecular complexity index is 911. The minimum absolute atomic E-state index is 0.00404. The third kappa shape index (κ3) is 4.49. The molecule has 1 atom stereocenters. The predicted octanol–water partition coefficient (Wildman–Crippen LogP) is 3.28. The number of carbonyl (C=O) groups excluding carboxylic acids is 3. The van der Waals surface area contributed by atoms with Crippen molar-refractivity contribution in [3.8, 4) is 0 Å². The molecule has 9 heteroatoms. The molecule has 4 heterocycles. The lowest BCUT2D eigenvalue weighted by Crippen LogP contribution is -2.50. The molecule has 2 fully saturated rings. The number of nitrogens with one attached hydrogen (secondary N) is 1. The molecule has 0 saturated carbocycles. The third-order valence-corrected chi connectivity index (χ3v) is 6.77. The summed E-state index contributed by atoms with van der Waals surface area (Å²) in [4.78, 5) is 46.6.